The number of hydrogen-bond donors (Lipinski definition) is 1. The number of methoxy groups -OCH3 is 2. The third-order valence-corrected chi connectivity index (χ3v) is 4.04. The van der Waals surface area contributed by atoms with Gasteiger partial charge >= 0.3 is 6.01 Å². The Morgan fingerprint density at radius 3 is 3.00 bits per heavy atom. The van der Waals surface area contributed by atoms with Gasteiger partial charge in [-0.05, 0) is 37.8 Å². The summed E-state index contributed by atoms with van der Waals surface area (Å²) in [6, 6.07) is 8.38. The maximum atomic E-state index is 5.44. The minimum Gasteiger partial charge on any atom is -0.497 e. The van der Waals surface area contributed by atoms with Crippen molar-refractivity contribution in [3.63, 3.8) is 0 Å². The van der Waals surface area contributed by atoms with E-state index in [0.717, 1.165) is 37.0 Å². The Bertz CT molecular complexity index is 614. The molecular weight excluding hydrogens is 282 g/mol. The lowest BCUT2D eigenvalue weighted by Crippen LogP contribution is -2.31. The van der Waals surface area contributed by atoms with Gasteiger partial charge in [-0.1, -0.05) is 17.3 Å². The van der Waals surface area contributed by atoms with E-state index in [4.69, 9.17) is 14.0 Å². The van der Waals surface area contributed by atoms with E-state index in [0.29, 0.717) is 24.0 Å². The van der Waals surface area contributed by atoms with Gasteiger partial charge in [0.25, 0.3) is 0 Å². The van der Waals surface area contributed by atoms with Crippen molar-refractivity contribution in [2.75, 3.05) is 19.5 Å². The smallest absolute Gasteiger partial charge is 0.322 e. The Hall–Kier alpha value is -2.08. The van der Waals surface area contributed by atoms with Gasteiger partial charge < -0.3 is 19.3 Å². The van der Waals surface area contributed by atoms with Crippen molar-refractivity contribution in [2.24, 2.45) is 0 Å². The summed E-state index contributed by atoms with van der Waals surface area (Å²) in [7, 11) is 3.40. The topological polar surface area (TPSA) is 69.4 Å². The molecule has 118 valence electrons. The predicted octanol–water partition coefficient (Wildman–Crippen LogP) is 3.11. The molecule has 0 saturated heterocycles. The summed E-state index contributed by atoms with van der Waals surface area (Å²) in [5.74, 6) is 1.33. The molecule has 2 atom stereocenters. The first-order valence-corrected chi connectivity index (χ1v) is 7.56. The number of benzene rings is 1. The number of nitrogens with one attached hydrogen (secondary N) is 1. The Balaban J connectivity index is 1.68. The molecule has 1 aromatic carbocycles. The highest BCUT2D eigenvalue weighted by Crippen LogP contribution is 2.25. The largest absolute Gasteiger partial charge is 0.497 e. The van der Waals surface area contributed by atoms with Crippen molar-refractivity contribution in [3.05, 3.63) is 24.3 Å². The molecular formula is C16H21N3O3. The average Bonchev–Trinajstić information content (AvgIpc) is 3.03. The summed E-state index contributed by atoms with van der Waals surface area (Å²) < 4.78 is 16.0. The van der Waals surface area contributed by atoms with Crippen molar-refractivity contribution in [2.45, 2.75) is 37.8 Å². The predicted molar refractivity (Wildman–Crippen MR) is 83.0 cm³/mol. The van der Waals surface area contributed by atoms with Crippen LogP contribution in [0.3, 0.4) is 0 Å². The van der Waals surface area contributed by atoms with Gasteiger partial charge in [-0.25, -0.2) is 0 Å². The van der Waals surface area contributed by atoms with Gasteiger partial charge in [-0.3, -0.25) is 0 Å². The fourth-order valence-electron chi connectivity index (χ4n) is 2.83. The molecule has 0 amide bonds. The number of ether oxygens (including phenoxy) is 2. The molecule has 0 spiro atoms. The molecule has 1 fully saturated rings. The number of hydrogen-bond acceptors (Lipinski definition) is 6. The lowest BCUT2D eigenvalue weighted by atomic mass is 9.93. The first-order valence-electron chi connectivity index (χ1n) is 7.56. The van der Waals surface area contributed by atoms with E-state index >= 15 is 0 Å². The van der Waals surface area contributed by atoms with Gasteiger partial charge in [0.05, 0.1) is 13.2 Å². The maximum absolute atomic E-state index is 5.44. The summed E-state index contributed by atoms with van der Waals surface area (Å²) in [5.41, 5.74) is 0.870. The van der Waals surface area contributed by atoms with Gasteiger partial charge in [0, 0.05) is 18.7 Å². The summed E-state index contributed by atoms with van der Waals surface area (Å²) in [6.45, 7) is 0. The van der Waals surface area contributed by atoms with Crippen LogP contribution in [0.1, 0.15) is 25.7 Å². The highest BCUT2D eigenvalue weighted by Gasteiger charge is 2.23. The van der Waals surface area contributed by atoms with Crippen LogP contribution in [-0.4, -0.2) is 36.5 Å². The standard InChI is InChI=1S/C16H21N3O3/c1-20-13-7-3-5-11(9-13)15-18-16(22-19-15)17-12-6-4-8-14(10-12)21-2/h3,5,7,9,12,14H,4,6,8,10H2,1-2H3,(H,17,18,19). The second-order valence-corrected chi connectivity index (χ2v) is 5.52. The van der Waals surface area contributed by atoms with Crippen LogP contribution in [0.25, 0.3) is 11.4 Å². The highest BCUT2D eigenvalue weighted by molar-refractivity contribution is 5.57. The number of anilines is 1. The zero-order valence-electron chi connectivity index (χ0n) is 12.9. The van der Waals surface area contributed by atoms with E-state index in [1.54, 1.807) is 14.2 Å². The zero-order valence-corrected chi connectivity index (χ0v) is 12.9. The van der Waals surface area contributed by atoms with E-state index in [9.17, 15) is 0 Å². The molecule has 1 aliphatic carbocycles. The highest BCUT2D eigenvalue weighted by atomic mass is 16.5. The Morgan fingerprint density at radius 2 is 2.18 bits per heavy atom. The molecule has 1 aliphatic rings. The lowest BCUT2D eigenvalue weighted by molar-refractivity contribution is 0.0666. The molecule has 3 rings (SSSR count). The Morgan fingerprint density at radius 1 is 1.27 bits per heavy atom. The van der Waals surface area contributed by atoms with Crippen molar-refractivity contribution in [1.29, 1.82) is 0 Å². The van der Waals surface area contributed by atoms with E-state index < -0.39 is 0 Å². The van der Waals surface area contributed by atoms with Gasteiger partial charge in [0.2, 0.25) is 5.82 Å². The molecule has 6 nitrogen and oxygen atoms in total. The van der Waals surface area contributed by atoms with Crippen LogP contribution in [0, 0.1) is 0 Å². The minimum absolute atomic E-state index is 0.312. The summed E-state index contributed by atoms with van der Waals surface area (Å²) in [4.78, 5) is 4.42. The van der Waals surface area contributed by atoms with Crippen LogP contribution in [0.5, 0.6) is 5.75 Å². The monoisotopic (exact) mass is 303 g/mol. The Kier molecular flexibility index (Phi) is 4.58. The molecule has 6 heteroatoms. The third-order valence-electron chi connectivity index (χ3n) is 4.04. The van der Waals surface area contributed by atoms with Crippen LogP contribution in [0.4, 0.5) is 6.01 Å². The van der Waals surface area contributed by atoms with Gasteiger partial charge in [0.1, 0.15) is 5.75 Å². The fourth-order valence-corrected chi connectivity index (χ4v) is 2.83. The quantitative estimate of drug-likeness (QED) is 0.915. The van der Waals surface area contributed by atoms with E-state index in [2.05, 4.69) is 15.5 Å². The summed E-state index contributed by atoms with van der Waals surface area (Å²) >= 11 is 0. The van der Waals surface area contributed by atoms with Crippen molar-refractivity contribution < 1.29 is 14.0 Å². The van der Waals surface area contributed by atoms with Crippen LogP contribution in [0.2, 0.25) is 0 Å². The maximum Gasteiger partial charge on any atom is 0.322 e. The van der Waals surface area contributed by atoms with Crippen LogP contribution in [-0.2, 0) is 4.74 Å². The SMILES string of the molecule is COc1cccc(-c2noc(NC3CCCC(OC)C3)n2)c1. The normalized spacial score (nSPS) is 21.5. The molecule has 2 aromatic rings. The Labute approximate surface area is 129 Å². The molecule has 0 aliphatic heterocycles. The third kappa shape index (κ3) is 3.39. The van der Waals surface area contributed by atoms with Crippen molar-refractivity contribution in [1.82, 2.24) is 10.1 Å². The van der Waals surface area contributed by atoms with Crippen molar-refractivity contribution >= 4 is 6.01 Å². The van der Waals surface area contributed by atoms with E-state index in [1.807, 2.05) is 24.3 Å². The molecule has 1 aromatic heterocycles. The van der Waals surface area contributed by atoms with Gasteiger partial charge in [-0.15, -0.1) is 0 Å². The molecule has 0 radical (unpaired) electrons. The number of nitrogens with zero attached hydrogens (tertiary/aromatic N) is 2. The van der Waals surface area contributed by atoms with E-state index in [-0.39, 0.29) is 0 Å². The molecule has 1 heterocycles. The average molecular weight is 303 g/mol. The number of aromatic nitrogens is 2. The van der Waals surface area contributed by atoms with Gasteiger partial charge in [-0.2, -0.15) is 4.98 Å². The van der Waals surface area contributed by atoms with Crippen LogP contribution < -0.4 is 10.1 Å². The molecule has 2 unspecified atom stereocenters. The molecule has 1 N–H and O–H groups in total. The second kappa shape index (κ2) is 6.79. The summed E-state index contributed by atoms with van der Waals surface area (Å²) in [6.07, 6.45) is 4.64. The zero-order chi connectivity index (χ0) is 15.4. The van der Waals surface area contributed by atoms with Crippen LogP contribution in [0.15, 0.2) is 28.8 Å². The second-order valence-electron chi connectivity index (χ2n) is 5.52. The van der Waals surface area contributed by atoms with Crippen molar-refractivity contribution in [3.8, 4) is 17.1 Å². The minimum atomic E-state index is 0.312. The van der Waals surface area contributed by atoms with Crippen LogP contribution >= 0.6 is 0 Å². The van der Waals surface area contributed by atoms with Gasteiger partial charge in [0.15, 0.2) is 0 Å². The first-order chi connectivity index (χ1) is 10.8. The first kappa shape index (κ1) is 14.8. The van der Waals surface area contributed by atoms with E-state index in [1.165, 1.54) is 0 Å². The molecule has 22 heavy (non-hydrogen) atoms. The summed E-state index contributed by atoms with van der Waals surface area (Å²) in [5, 5.41) is 7.34. The molecule has 0 bridgehead atoms. The number of rotatable bonds is 5. The lowest BCUT2D eigenvalue weighted by Gasteiger charge is -2.27. The fraction of sp³-hybridized carbons (Fsp3) is 0.500. The molecule has 1 saturated carbocycles.